The predicted octanol–water partition coefficient (Wildman–Crippen LogP) is 2.83. The van der Waals surface area contributed by atoms with E-state index in [0.29, 0.717) is 17.2 Å². The van der Waals surface area contributed by atoms with E-state index in [2.05, 4.69) is 5.32 Å². The molecule has 0 spiro atoms. The van der Waals surface area contributed by atoms with Gasteiger partial charge >= 0.3 is 0 Å². The van der Waals surface area contributed by atoms with Gasteiger partial charge in [0.25, 0.3) is 0 Å². The smallest absolute Gasteiger partial charge is 0.178 e. The van der Waals surface area contributed by atoms with Crippen LogP contribution in [0, 0.1) is 5.92 Å². The number of benzene rings is 1. The molecular formula is C18H27NO3S. The van der Waals surface area contributed by atoms with Crippen LogP contribution >= 0.6 is 0 Å². The molecule has 23 heavy (non-hydrogen) atoms. The molecule has 0 aromatic heterocycles. The first-order valence-electron chi connectivity index (χ1n) is 8.81. The lowest BCUT2D eigenvalue weighted by Gasteiger charge is -2.29. The van der Waals surface area contributed by atoms with Crippen LogP contribution in [0.15, 0.2) is 29.2 Å². The lowest BCUT2D eigenvalue weighted by molar-refractivity contribution is 0.0642. The van der Waals surface area contributed by atoms with Gasteiger partial charge in [-0.15, -0.1) is 0 Å². The van der Waals surface area contributed by atoms with Gasteiger partial charge in [0, 0.05) is 6.04 Å². The Kier molecular flexibility index (Phi) is 5.39. The minimum Gasteiger partial charge on any atom is -0.393 e. The summed E-state index contributed by atoms with van der Waals surface area (Å²) in [7, 11) is -3.10. The fourth-order valence-corrected chi connectivity index (χ4v) is 5.59. The van der Waals surface area contributed by atoms with Gasteiger partial charge in [0.1, 0.15) is 0 Å². The molecule has 0 radical (unpaired) electrons. The zero-order valence-electron chi connectivity index (χ0n) is 13.6. The largest absolute Gasteiger partial charge is 0.393 e. The standard InChI is InChI=1S/C18H27NO3S/c20-17-9-3-1-6-14(17)7-5-12-19-16-11-13-23(21,22)18-10-4-2-8-15(16)18/h2,4,8,10,14,16-17,19-20H,1,3,5-7,9,11-13H2/t14-,16+,17-/m1/s1. The number of hydrogen-bond donors (Lipinski definition) is 2. The van der Waals surface area contributed by atoms with Crippen LogP contribution in [0.25, 0.3) is 0 Å². The Bertz CT molecular complexity index is 629. The molecule has 0 unspecified atom stereocenters. The normalized spacial score (nSPS) is 29.9. The molecule has 0 saturated heterocycles. The molecule has 2 N–H and O–H groups in total. The molecule has 1 fully saturated rings. The van der Waals surface area contributed by atoms with Crippen LogP contribution in [0.2, 0.25) is 0 Å². The molecule has 4 nitrogen and oxygen atoms in total. The summed E-state index contributed by atoms with van der Waals surface area (Å²) in [6.07, 6.45) is 7.10. The fourth-order valence-electron chi connectivity index (χ4n) is 3.97. The summed E-state index contributed by atoms with van der Waals surface area (Å²) in [5.41, 5.74) is 0.913. The van der Waals surface area contributed by atoms with Gasteiger partial charge in [-0.05, 0) is 56.2 Å². The summed E-state index contributed by atoms with van der Waals surface area (Å²) in [6, 6.07) is 7.48. The summed E-state index contributed by atoms with van der Waals surface area (Å²) in [6.45, 7) is 0.877. The fraction of sp³-hybridized carbons (Fsp3) is 0.667. The van der Waals surface area contributed by atoms with Crippen LogP contribution in [-0.2, 0) is 9.84 Å². The highest BCUT2D eigenvalue weighted by atomic mass is 32.2. The molecule has 2 aliphatic rings. The second-order valence-corrected chi connectivity index (χ2v) is 8.98. The molecule has 1 aromatic carbocycles. The van der Waals surface area contributed by atoms with Gasteiger partial charge in [0.05, 0.1) is 16.8 Å². The summed E-state index contributed by atoms with van der Waals surface area (Å²) < 4.78 is 24.3. The van der Waals surface area contributed by atoms with Crippen molar-refractivity contribution in [3.63, 3.8) is 0 Å². The molecule has 0 amide bonds. The van der Waals surface area contributed by atoms with E-state index in [4.69, 9.17) is 0 Å². The maximum Gasteiger partial charge on any atom is 0.178 e. The van der Waals surface area contributed by atoms with Gasteiger partial charge in [0.2, 0.25) is 0 Å². The first-order valence-corrected chi connectivity index (χ1v) is 10.5. The molecule has 5 heteroatoms. The van der Waals surface area contributed by atoms with Crippen molar-refractivity contribution in [3.8, 4) is 0 Å². The van der Waals surface area contributed by atoms with Gasteiger partial charge < -0.3 is 10.4 Å². The van der Waals surface area contributed by atoms with Crippen LogP contribution in [0.3, 0.4) is 0 Å². The number of fused-ring (bicyclic) bond motifs is 1. The minimum absolute atomic E-state index is 0.121. The number of sulfone groups is 1. The third-order valence-electron chi connectivity index (χ3n) is 5.32. The van der Waals surface area contributed by atoms with E-state index in [1.807, 2.05) is 12.1 Å². The zero-order chi connectivity index (χ0) is 16.3. The number of nitrogens with one attached hydrogen (secondary N) is 1. The highest BCUT2D eigenvalue weighted by Gasteiger charge is 2.29. The Balaban J connectivity index is 1.53. The molecule has 1 aliphatic heterocycles. The summed E-state index contributed by atoms with van der Waals surface area (Å²) >= 11 is 0. The lowest BCUT2D eigenvalue weighted by Crippen LogP contribution is -2.31. The third-order valence-corrected chi connectivity index (χ3v) is 7.13. The quantitative estimate of drug-likeness (QED) is 0.811. The Labute approximate surface area is 139 Å². The molecule has 1 heterocycles. The van der Waals surface area contributed by atoms with Crippen molar-refractivity contribution in [1.82, 2.24) is 5.32 Å². The van der Waals surface area contributed by atoms with Crippen LogP contribution in [0.1, 0.15) is 56.6 Å². The number of rotatable bonds is 5. The van der Waals surface area contributed by atoms with Crippen molar-refractivity contribution < 1.29 is 13.5 Å². The van der Waals surface area contributed by atoms with Crippen molar-refractivity contribution in [2.45, 2.75) is 62.0 Å². The number of hydrogen-bond acceptors (Lipinski definition) is 4. The minimum atomic E-state index is -3.10. The number of aliphatic hydroxyl groups is 1. The van der Waals surface area contributed by atoms with Gasteiger partial charge in [-0.3, -0.25) is 0 Å². The summed E-state index contributed by atoms with van der Waals surface area (Å²) in [5.74, 6) is 0.674. The maximum absolute atomic E-state index is 12.1. The zero-order valence-corrected chi connectivity index (χ0v) is 14.4. The SMILES string of the molecule is O=S1(=O)CC[C@H](NCCC[C@H]2CCCC[C@H]2O)c2ccccc21. The van der Waals surface area contributed by atoms with E-state index < -0.39 is 9.84 Å². The average molecular weight is 337 g/mol. The van der Waals surface area contributed by atoms with Crippen molar-refractivity contribution in [3.05, 3.63) is 29.8 Å². The van der Waals surface area contributed by atoms with Gasteiger partial charge in [-0.2, -0.15) is 0 Å². The van der Waals surface area contributed by atoms with Gasteiger partial charge in [-0.25, -0.2) is 8.42 Å². The first kappa shape index (κ1) is 16.9. The van der Waals surface area contributed by atoms with Crippen LogP contribution in [0.5, 0.6) is 0 Å². The summed E-state index contributed by atoms with van der Waals surface area (Å²) in [4.78, 5) is 0.492. The second-order valence-electron chi connectivity index (χ2n) is 6.91. The van der Waals surface area contributed by atoms with Crippen LogP contribution in [0.4, 0.5) is 0 Å². The Morgan fingerprint density at radius 2 is 1.91 bits per heavy atom. The monoisotopic (exact) mass is 337 g/mol. The second kappa shape index (κ2) is 7.32. The van der Waals surface area contributed by atoms with E-state index in [9.17, 15) is 13.5 Å². The lowest BCUT2D eigenvalue weighted by atomic mass is 9.83. The Morgan fingerprint density at radius 3 is 2.74 bits per heavy atom. The van der Waals surface area contributed by atoms with Gasteiger partial charge in [-0.1, -0.05) is 31.0 Å². The van der Waals surface area contributed by atoms with Crippen LogP contribution < -0.4 is 5.32 Å². The highest BCUT2D eigenvalue weighted by molar-refractivity contribution is 7.91. The first-order chi connectivity index (χ1) is 11.1. The maximum atomic E-state index is 12.1. The molecule has 3 atom stereocenters. The van der Waals surface area contributed by atoms with Crippen molar-refractivity contribution in [2.75, 3.05) is 12.3 Å². The van der Waals surface area contributed by atoms with E-state index in [1.165, 1.54) is 6.42 Å². The van der Waals surface area contributed by atoms with Crippen LogP contribution in [-0.4, -0.2) is 31.9 Å². The molecule has 1 aliphatic carbocycles. The van der Waals surface area contributed by atoms with E-state index in [1.54, 1.807) is 12.1 Å². The molecule has 128 valence electrons. The molecule has 3 rings (SSSR count). The van der Waals surface area contributed by atoms with Gasteiger partial charge in [0.15, 0.2) is 9.84 Å². The molecule has 0 bridgehead atoms. The summed E-state index contributed by atoms with van der Waals surface area (Å²) in [5, 5.41) is 13.5. The van der Waals surface area contributed by atoms with E-state index >= 15 is 0 Å². The Morgan fingerprint density at radius 1 is 1.13 bits per heavy atom. The van der Waals surface area contributed by atoms with E-state index in [0.717, 1.165) is 44.2 Å². The molecular weight excluding hydrogens is 310 g/mol. The molecule has 1 aromatic rings. The number of aliphatic hydroxyl groups excluding tert-OH is 1. The highest BCUT2D eigenvalue weighted by Crippen LogP contribution is 2.32. The average Bonchev–Trinajstić information content (AvgIpc) is 2.55. The third kappa shape index (κ3) is 3.95. The van der Waals surface area contributed by atoms with Crippen molar-refractivity contribution in [1.29, 1.82) is 0 Å². The van der Waals surface area contributed by atoms with Crippen molar-refractivity contribution >= 4 is 9.84 Å². The Hall–Kier alpha value is -0.910. The predicted molar refractivity (Wildman–Crippen MR) is 91.1 cm³/mol. The van der Waals surface area contributed by atoms with E-state index in [-0.39, 0.29) is 17.9 Å². The topological polar surface area (TPSA) is 66.4 Å². The van der Waals surface area contributed by atoms with Crippen molar-refractivity contribution in [2.24, 2.45) is 5.92 Å². The molecule has 1 saturated carbocycles.